The van der Waals surface area contributed by atoms with E-state index in [9.17, 15) is 4.79 Å². The monoisotopic (exact) mass is 228 g/mol. The third-order valence-electron chi connectivity index (χ3n) is 2.95. The molecular formula is C12H24N2O2. The standard InChI is InChI=1S/C12H24N2O2/c1-3-5-6-13-7-9-14(10-8-13)11-12(15)16-4-2/h3-11H2,1-2H3. The highest BCUT2D eigenvalue weighted by Gasteiger charge is 2.18. The van der Waals surface area contributed by atoms with Crippen LogP contribution < -0.4 is 0 Å². The zero-order chi connectivity index (χ0) is 11.8. The number of carbonyl (C=O) groups excluding carboxylic acids is 1. The van der Waals surface area contributed by atoms with Crippen LogP contribution in [0, 0.1) is 0 Å². The van der Waals surface area contributed by atoms with Gasteiger partial charge in [0.15, 0.2) is 0 Å². The smallest absolute Gasteiger partial charge is 0.320 e. The lowest BCUT2D eigenvalue weighted by atomic mass is 10.2. The van der Waals surface area contributed by atoms with Crippen molar-refractivity contribution in [1.82, 2.24) is 9.80 Å². The molecule has 0 bridgehead atoms. The fraction of sp³-hybridized carbons (Fsp3) is 0.917. The molecule has 0 N–H and O–H groups in total. The molecule has 0 aromatic carbocycles. The Hall–Kier alpha value is -0.610. The summed E-state index contributed by atoms with van der Waals surface area (Å²) >= 11 is 0. The maximum absolute atomic E-state index is 11.3. The van der Waals surface area contributed by atoms with Gasteiger partial charge in [0, 0.05) is 26.2 Å². The molecule has 16 heavy (non-hydrogen) atoms. The quantitative estimate of drug-likeness (QED) is 0.634. The van der Waals surface area contributed by atoms with Gasteiger partial charge >= 0.3 is 5.97 Å². The lowest BCUT2D eigenvalue weighted by Crippen LogP contribution is -2.48. The first-order valence-corrected chi connectivity index (χ1v) is 6.36. The summed E-state index contributed by atoms with van der Waals surface area (Å²) in [7, 11) is 0. The van der Waals surface area contributed by atoms with E-state index in [4.69, 9.17) is 4.74 Å². The number of piperazine rings is 1. The van der Waals surface area contributed by atoms with Crippen LogP contribution in [0.3, 0.4) is 0 Å². The first-order valence-electron chi connectivity index (χ1n) is 6.36. The molecule has 0 saturated carbocycles. The van der Waals surface area contributed by atoms with Crippen LogP contribution in [0.25, 0.3) is 0 Å². The minimum absolute atomic E-state index is 0.0930. The summed E-state index contributed by atoms with van der Waals surface area (Å²) in [6.07, 6.45) is 2.53. The molecule has 0 atom stereocenters. The largest absolute Gasteiger partial charge is 0.465 e. The summed E-state index contributed by atoms with van der Waals surface area (Å²) in [5.74, 6) is -0.0930. The van der Waals surface area contributed by atoms with Gasteiger partial charge in [-0.2, -0.15) is 0 Å². The van der Waals surface area contributed by atoms with Crippen molar-refractivity contribution >= 4 is 5.97 Å². The van der Waals surface area contributed by atoms with Crippen molar-refractivity contribution in [3.63, 3.8) is 0 Å². The number of nitrogens with zero attached hydrogens (tertiary/aromatic N) is 2. The van der Waals surface area contributed by atoms with Gasteiger partial charge in [0.05, 0.1) is 13.2 Å². The SMILES string of the molecule is CCCCN1CCN(CC(=O)OCC)CC1. The minimum Gasteiger partial charge on any atom is -0.465 e. The molecule has 1 aliphatic heterocycles. The third-order valence-corrected chi connectivity index (χ3v) is 2.95. The summed E-state index contributed by atoms with van der Waals surface area (Å²) in [4.78, 5) is 15.9. The zero-order valence-electron chi connectivity index (χ0n) is 10.6. The summed E-state index contributed by atoms with van der Waals surface area (Å²) < 4.78 is 4.94. The van der Waals surface area contributed by atoms with E-state index >= 15 is 0 Å². The number of carbonyl (C=O) groups is 1. The summed E-state index contributed by atoms with van der Waals surface area (Å²) in [6.45, 7) is 10.3. The molecular weight excluding hydrogens is 204 g/mol. The predicted molar refractivity (Wildman–Crippen MR) is 64.4 cm³/mol. The molecule has 4 heteroatoms. The van der Waals surface area contributed by atoms with Gasteiger partial charge in [-0.15, -0.1) is 0 Å². The van der Waals surface area contributed by atoms with Crippen molar-refractivity contribution in [3.05, 3.63) is 0 Å². The molecule has 1 heterocycles. The van der Waals surface area contributed by atoms with Crippen LogP contribution in [0.2, 0.25) is 0 Å². The van der Waals surface area contributed by atoms with E-state index in [0.717, 1.165) is 26.2 Å². The van der Waals surface area contributed by atoms with Gasteiger partial charge in [-0.05, 0) is 19.9 Å². The zero-order valence-corrected chi connectivity index (χ0v) is 10.6. The van der Waals surface area contributed by atoms with E-state index in [1.165, 1.54) is 19.4 Å². The molecule has 0 radical (unpaired) electrons. The highest BCUT2D eigenvalue weighted by molar-refractivity contribution is 5.71. The van der Waals surface area contributed by atoms with Crippen LogP contribution in [0.15, 0.2) is 0 Å². The van der Waals surface area contributed by atoms with Gasteiger partial charge in [-0.1, -0.05) is 13.3 Å². The van der Waals surface area contributed by atoms with Gasteiger partial charge in [-0.3, -0.25) is 9.69 Å². The molecule has 1 aliphatic rings. The van der Waals surface area contributed by atoms with E-state index in [0.29, 0.717) is 13.2 Å². The highest BCUT2D eigenvalue weighted by atomic mass is 16.5. The first kappa shape index (κ1) is 13.5. The molecule has 0 aromatic heterocycles. The average Bonchev–Trinajstić information content (AvgIpc) is 2.28. The number of ether oxygens (including phenoxy) is 1. The molecule has 0 aliphatic carbocycles. The number of rotatable bonds is 6. The van der Waals surface area contributed by atoms with Gasteiger partial charge in [0.25, 0.3) is 0 Å². The Labute approximate surface area is 98.5 Å². The maximum atomic E-state index is 11.3. The van der Waals surface area contributed by atoms with Crippen molar-refractivity contribution in [3.8, 4) is 0 Å². The molecule has 0 unspecified atom stereocenters. The normalized spacial score (nSPS) is 18.6. The van der Waals surface area contributed by atoms with Crippen LogP contribution >= 0.6 is 0 Å². The number of esters is 1. The second-order valence-corrected chi connectivity index (χ2v) is 4.28. The lowest BCUT2D eigenvalue weighted by Gasteiger charge is -2.33. The molecule has 1 rings (SSSR count). The second-order valence-electron chi connectivity index (χ2n) is 4.28. The van der Waals surface area contributed by atoms with E-state index < -0.39 is 0 Å². The van der Waals surface area contributed by atoms with E-state index in [1.807, 2.05) is 6.92 Å². The second kappa shape index (κ2) is 7.63. The summed E-state index contributed by atoms with van der Waals surface area (Å²) in [5.41, 5.74) is 0. The topological polar surface area (TPSA) is 32.8 Å². The van der Waals surface area contributed by atoms with E-state index in [2.05, 4.69) is 16.7 Å². The fourth-order valence-electron chi connectivity index (χ4n) is 1.94. The van der Waals surface area contributed by atoms with Crippen LogP contribution in [-0.2, 0) is 9.53 Å². The van der Waals surface area contributed by atoms with Gasteiger partial charge < -0.3 is 9.64 Å². The van der Waals surface area contributed by atoms with Crippen molar-refractivity contribution in [2.45, 2.75) is 26.7 Å². The number of unbranched alkanes of at least 4 members (excludes halogenated alkanes) is 1. The van der Waals surface area contributed by atoms with E-state index in [-0.39, 0.29) is 5.97 Å². The van der Waals surface area contributed by atoms with Gasteiger partial charge in [0.1, 0.15) is 0 Å². The van der Waals surface area contributed by atoms with Crippen molar-refractivity contribution in [2.24, 2.45) is 0 Å². The van der Waals surface area contributed by atoms with Crippen molar-refractivity contribution in [2.75, 3.05) is 45.9 Å². The fourth-order valence-corrected chi connectivity index (χ4v) is 1.94. The Bertz CT molecular complexity index is 201. The Morgan fingerprint density at radius 1 is 1.12 bits per heavy atom. The maximum Gasteiger partial charge on any atom is 0.320 e. The molecule has 1 fully saturated rings. The molecule has 94 valence electrons. The molecule has 1 saturated heterocycles. The Kier molecular flexibility index (Phi) is 6.42. The average molecular weight is 228 g/mol. The van der Waals surface area contributed by atoms with Crippen molar-refractivity contribution < 1.29 is 9.53 Å². The minimum atomic E-state index is -0.0930. The molecule has 0 aromatic rings. The van der Waals surface area contributed by atoms with Crippen LogP contribution in [-0.4, -0.2) is 61.6 Å². The summed E-state index contributed by atoms with van der Waals surface area (Å²) in [6, 6.07) is 0. The van der Waals surface area contributed by atoms with E-state index in [1.54, 1.807) is 0 Å². The molecule has 4 nitrogen and oxygen atoms in total. The van der Waals surface area contributed by atoms with Crippen LogP contribution in [0.4, 0.5) is 0 Å². The first-order chi connectivity index (χ1) is 7.76. The Balaban J connectivity index is 2.14. The summed E-state index contributed by atoms with van der Waals surface area (Å²) in [5, 5.41) is 0. The number of hydrogen-bond donors (Lipinski definition) is 0. The van der Waals surface area contributed by atoms with Crippen LogP contribution in [0.1, 0.15) is 26.7 Å². The van der Waals surface area contributed by atoms with Gasteiger partial charge in [-0.25, -0.2) is 0 Å². The Morgan fingerprint density at radius 3 is 2.31 bits per heavy atom. The van der Waals surface area contributed by atoms with Crippen molar-refractivity contribution in [1.29, 1.82) is 0 Å². The van der Waals surface area contributed by atoms with Gasteiger partial charge in [0.2, 0.25) is 0 Å². The highest BCUT2D eigenvalue weighted by Crippen LogP contribution is 2.03. The predicted octanol–water partition coefficient (Wildman–Crippen LogP) is 0.967. The third kappa shape index (κ3) is 4.94. The molecule has 0 spiro atoms. The molecule has 0 amide bonds. The Morgan fingerprint density at radius 2 is 1.75 bits per heavy atom. The lowest BCUT2D eigenvalue weighted by molar-refractivity contribution is -0.144. The van der Waals surface area contributed by atoms with Crippen LogP contribution in [0.5, 0.6) is 0 Å². The number of hydrogen-bond acceptors (Lipinski definition) is 4.